The molecule has 0 saturated heterocycles. The van der Waals surface area contributed by atoms with Crippen LogP contribution in [0.3, 0.4) is 0 Å². The fourth-order valence-corrected chi connectivity index (χ4v) is 2.07. The molecule has 0 spiro atoms. The molecule has 1 aromatic carbocycles. The predicted octanol–water partition coefficient (Wildman–Crippen LogP) is 3.29. The van der Waals surface area contributed by atoms with Crippen molar-refractivity contribution in [2.75, 3.05) is 5.32 Å². The summed E-state index contributed by atoms with van der Waals surface area (Å²) in [7, 11) is 0. The molecule has 0 fully saturated rings. The van der Waals surface area contributed by atoms with E-state index < -0.39 is 0 Å². The Bertz CT molecular complexity index is 709. The van der Waals surface area contributed by atoms with Crippen molar-refractivity contribution < 1.29 is 0 Å². The molecular weight excluding hydrogens is 260 g/mol. The predicted molar refractivity (Wildman–Crippen MR) is 76.1 cm³/mol. The number of nitrogens with zero attached hydrogens (tertiary/aromatic N) is 3. The van der Waals surface area contributed by atoms with Crippen molar-refractivity contribution in [2.45, 2.75) is 6.54 Å². The Labute approximate surface area is 115 Å². The number of hydrogen-bond acceptors (Lipinski definition) is 4. The molecule has 0 radical (unpaired) electrons. The lowest BCUT2D eigenvalue weighted by molar-refractivity contribution is 1.08. The minimum Gasteiger partial charge on any atom is -0.366 e. The number of benzene rings is 1. The Morgan fingerprint density at radius 3 is 2.84 bits per heavy atom. The van der Waals surface area contributed by atoms with E-state index in [1.807, 2.05) is 30.3 Å². The molecule has 0 unspecified atom stereocenters. The molecule has 5 heteroatoms. The highest BCUT2D eigenvalue weighted by atomic mass is 35.5. The van der Waals surface area contributed by atoms with Crippen LogP contribution in [0.5, 0.6) is 0 Å². The number of hydrogen-bond donors (Lipinski definition) is 1. The molecule has 94 valence electrons. The van der Waals surface area contributed by atoms with Gasteiger partial charge in [0, 0.05) is 24.2 Å². The third-order valence-corrected chi connectivity index (χ3v) is 3.02. The Kier molecular flexibility index (Phi) is 3.25. The minimum absolute atomic E-state index is 0.425. The number of aromatic nitrogens is 3. The van der Waals surface area contributed by atoms with Crippen LogP contribution in [0.4, 0.5) is 5.82 Å². The maximum Gasteiger partial charge on any atom is 0.134 e. The summed E-state index contributed by atoms with van der Waals surface area (Å²) in [6.07, 6.45) is 3.24. The van der Waals surface area contributed by atoms with Crippen molar-refractivity contribution >= 4 is 28.3 Å². The van der Waals surface area contributed by atoms with Gasteiger partial charge in [-0.05, 0) is 11.6 Å². The second-order valence-electron chi connectivity index (χ2n) is 4.07. The summed E-state index contributed by atoms with van der Waals surface area (Å²) in [6.45, 7) is 0.641. The molecule has 2 heterocycles. The summed E-state index contributed by atoms with van der Waals surface area (Å²) in [5.41, 5.74) is 2.12. The monoisotopic (exact) mass is 270 g/mol. The summed E-state index contributed by atoms with van der Waals surface area (Å²) in [4.78, 5) is 12.4. The fraction of sp³-hybridized carbons (Fsp3) is 0.0714. The van der Waals surface area contributed by atoms with Crippen LogP contribution in [0.2, 0.25) is 5.15 Å². The number of fused-ring (bicyclic) bond motifs is 1. The van der Waals surface area contributed by atoms with Crippen LogP contribution in [-0.2, 0) is 6.54 Å². The van der Waals surface area contributed by atoms with Gasteiger partial charge in [-0.2, -0.15) is 0 Å². The van der Waals surface area contributed by atoms with Gasteiger partial charge in [0.1, 0.15) is 17.3 Å². The van der Waals surface area contributed by atoms with E-state index in [1.54, 1.807) is 12.3 Å². The first-order chi connectivity index (χ1) is 9.33. The molecule has 0 amide bonds. The van der Waals surface area contributed by atoms with E-state index >= 15 is 0 Å². The highest BCUT2D eigenvalue weighted by Gasteiger charge is 2.02. The number of nitrogens with one attached hydrogen (secondary N) is 1. The number of rotatable bonds is 3. The van der Waals surface area contributed by atoms with E-state index in [9.17, 15) is 0 Å². The molecule has 0 bridgehead atoms. The zero-order chi connectivity index (χ0) is 13.1. The zero-order valence-corrected chi connectivity index (χ0v) is 10.8. The quantitative estimate of drug-likeness (QED) is 0.742. The Morgan fingerprint density at radius 2 is 1.95 bits per heavy atom. The van der Waals surface area contributed by atoms with Crippen molar-refractivity contribution in [3.8, 4) is 0 Å². The van der Waals surface area contributed by atoms with Crippen molar-refractivity contribution in [3.05, 3.63) is 59.6 Å². The molecule has 3 rings (SSSR count). The standard InChI is InChI=1S/C14H11ClN4/c15-12-7-13(19-9-18-12)17-8-11-4-1-3-10-5-2-6-16-14(10)11/h1-7,9H,8H2,(H,17,18,19). The highest BCUT2D eigenvalue weighted by molar-refractivity contribution is 6.29. The van der Waals surface area contributed by atoms with Gasteiger partial charge in [-0.1, -0.05) is 35.9 Å². The van der Waals surface area contributed by atoms with Crippen LogP contribution in [0.1, 0.15) is 5.56 Å². The van der Waals surface area contributed by atoms with Crippen LogP contribution >= 0.6 is 11.6 Å². The molecule has 0 aliphatic heterocycles. The summed E-state index contributed by atoms with van der Waals surface area (Å²) in [6, 6.07) is 11.8. The maximum atomic E-state index is 5.82. The number of halogens is 1. The Morgan fingerprint density at radius 1 is 1.05 bits per heavy atom. The molecule has 1 N–H and O–H groups in total. The topological polar surface area (TPSA) is 50.7 Å². The van der Waals surface area contributed by atoms with Gasteiger partial charge in [0.05, 0.1) is 5.52 Å². The van der Waals surface area contributed by atoms with Gasteiger partial charge in [-0.3, -0.25) is 4.98 Å². The van der Waals surface area contributed by atoms with Gasteiger partial charge in [0.15, 0.2) is 0 Å². The van der Waals surface area contributed by atoms with Crippen LogP contribution in [0.15, 0.2) is 48.9 Å². The molecule has 19 heavy (non-hydrogen) atoms. The summed E-state index contributed by atoms with van der Waals surface area (Å²) in [5, 5.41) is 4.77. The minimum atomic E-state index is 0.425. The lowest BCUT2D eigenvalue weighted by Gasteiger charge is -2.07. The number of pyridine rings is 1. The fourth-order valence-electron chi connectivity index (χ4n) is 1.93. The van der Waals surface area contributed by atoms with Crippen molar-refractivity contribution in [1.29, 1.82) is 0 Å². The second kappa shape index (κ2) is 5.20. The lowest BCUT2D eigenvalue weighted by Crippen LogP contribution is -2.02. The summed E-state index contributed by atoms with van der Waals surface area (Å²) >= 11 is 5.82. The van der Waals surface area contributed by atoms with E-state index in [-0.39, 0.29) is 0 Å². The van der Waals surface area contributed by atoms with E-state index in [0.717, 1.165) is 16.5 Å². The van der Waals surface area contributed by atoms with Crippen LogP contribution in [-0.4, -0.2) is 15.0 Å². The maximum absolute atomic E-state index is 5.82. The molecular formula is C14H11ClN4. The van der Waals surface area contributed by atoms with Crippen LogP contribution < -0.4 is 5.32 Å². The highest BCUT2D eigenvalue weighted by Crippen LogP contribution is 2.17. The molecule has 0 saturated carbocycles. The van der Waals surface area contributed by atoms with Gasteiger partial charge in [-0.25, -0.2) is 9.97 Å². The number of para-hydroxylation sites is 1. The van der Waals surface area contributed by atoms with Gasteiger partial charge in [-0.15, -0.1) is 0 Å². The smallest absolute Gasteiger partial charge is 0.134 e. The van der Waals surface area contributed by atoms with E-state index in [1.165, 1.54) is 6.33 Å². The zero-order valence-electron chi connectivity index (χ0n) is 10.0. The van der Waals surface area contributed by atoms with Gasteiger partial charge in [0.25, 0.3) is 0 Å². The molecule has 3 aromatic rings. The summed E-state index contributed by atoms with van der Waals surface area (Å²) < 4.78 is 0. The molecule has 0 aliphatic rings. The Hall–Kier alpha value is -2.20. The first-order valence-electron chi connectivity index (χ1n) is 5.87. The largest absolute Gasteiger partial charge is 0.366 e. The van der Waals surface area contributed by atoms with Gasteiger partial charge in [0.2, 0.25) is 0 Å². The molecule has 0 aliphatic carbocycles. The molecule has 2 aromatic heterocycles. The third kappa shape index (κ3) is 2.63. The van der Waals surface area contributed by atoms with Crippen LogP contribution in [0, 0.1) is 0 Å². The van der Waals surface area contributed by atoms with Crippen molar-refractivity contribution in [1.82, 2.24) is 15.0 Å². The van der Waals surface area contributed by atoms with Crippen molar-refractivity contribution in [3.63, 3.8) is 0 Å². The average molecular weight is 271 g/mol. The normalized spacial score (nSPS) is 10.6. The third-order valence-electron chi connectivity index (χ3n) is 2.81. The van der Waals surface area contributed by atoms with E-state index in [0.29, 0.717) is 17.5 Å². The molecule has 4 nitrogen and oxygen atoms in total. The average Bonchev–Trinajstić information content (AvgIpc) is 2.45. The SMILES string of the molecule is Clc1cc(NCc2cccc3cccnc23)ncn1. The Balaban J connectivity index is 1.86. The van der Waals surface area contributed by atoms with Gasteiger partial charge >= 0.3 is 0 Å². The van der Waals surface area contributed by atoms with E-state index in [2.05, 4.69) is 20.3 Å². The second-order valence-corrected chi connectivity index (χ2v) is 4.46. The van der Waals surface area contributed by atoms with Crippen LogP contribution in [0.25, 0.3) is 10.9 Å². The summed E-state index contributed by atoms with van der Waals surface area (Å²) in [5.74, 6) is 0.702. The first kappa shape index (κ1) is 11.9. The number of anilines is 1. The van der Waals surface area contributed by atoms with Crippen molar-refractivity contribution in [2.24, 2.45) is 0 Å². The first-order valence-corrected chi connectivity index (χ1v) is 6.25. The lowest BCUT2D eigenvalue weighted by atomic mass is 10.1. The molecule has 0 atom stereocenters. The van der Waals surface area contributed by atoms with E-state index in [4.69, 9.17) is 11.6 Å². The van der Waals surface area contributed by atoms with Gasteiger partial charge < -0.3 is 5.32 Å².